The molecule has 4 rings (SSSR count). The van der Waals surface area contributed by atoms with Crippen molar-refractivity contribution in [1.82, 2.24) is 0 Å². The van der Waals surface area contributed by atoms with Gasteiger partial charge in [0.2, 0.25) is 0 Å². The van der Waals surface area contributed by atoms with Gasteiger partial charge in [-0.2, -0.15) is 0 Å². The lowest BCUT2D eigenvalue weighted by Crippen LogP contribution is -2.07. The number of hydrogen-bond donors (Lipinski definition) is 0. The van der Waals surface area contributed by atoms with Crippen molar-refractivity contribution in [3.8, 4) is 39.1 Å². The molecule has 0 amide bonds. The van der Waals surface area contributed by atoms with E-state index in [1.165, 1.54) is 22.3 Å². The highest BCUT2D eigenvalue weighted by molar-refractivity contribution is 6.05. The van der Waals surface area contributed by atoms with Gasteiger partial charge in [0.25, 0.3) is 0 Å². The molecule has 4 aliphatic rings. The van der Waals surface area contributed by atoms with E-state index in [0.29, 0.717) is 11.3 Å². The van der Waals surface area contributed by atoms with E-state index in [1.54, 1.807) is 6.92 Å². The average molecular weight is 260 g/mol. The van der Waals surface area contributed by atoms with Crippen LogP contribution in [0.3, 0.4) is 0 Å². The van der Waals surface area contributed by atoms with Crippen LogP contribution in [0.5, 0.6) is 5.75 Å². The van der Waals surface area contributed by atoms with E-state index in [4.69, 9.17) is 4.74 Å². The molecule has 20 heavy (non-hydrogen) atoms. The molecule has 4 aliphatic carbocycles. The highest BCUT2D eigenvalue weighted by Crippen LogP contribution is 2.52. The van der Waals surface area contributed by atoms with Gasteiger partial charge in [-0.15, -0.1) is 0 Å². The Bertz CT molecular complexity index is 829. The third-order valence-corrected chi connectivity index (χ3v) is 3.82. The molecule has 0 bridgehead atoms. The summed E-state index contributed by atoms with van der Waals surface area (Å²) in [4.78, 5) is 11.7. The monoisotopic (exact) mass is 260 g/mol. The Morgan fingerprint density at radius 1 is 0.950 bits per heavy atom. The van der Waals surface area contributed by atoms with Gasteiger partial charge in [-0.05, 0) is 59.0 Å². The summed E-state index contributed by atoms with van der Waals surface area (Å²) in [6.45, 7) is 5.26. The standard InChI is InChI=1S/C18H12O2/c1-10(2)18(19)20-17-7-6-13-14-8-11-4-3-5-12(11)15(14)9-16(13)17/h3-9H,1H2,2H3. The molecule has 0 spiro atoms. The molecule has 0 N–H and O–H groups in total. The number of carbonyl (C=O) groups is 1. The van der Waals surface area contributed by atoms with Gasteiger partial charge < -0.3 is 4.74 Å². The van der Waals surface area contributed by atoms with E-state index < -0.39 is 0 Å². The van der Waals surface area contributed by atoms with Crippen LogP contribution >= 0.6 is 0 Å². The van der Waals surface area contributed by atoms with Crippen LogP contribution in [-0.4, -0.2) is 5.97 Å². The fourth-order valence-electron chi connectivity index (χ4n) is 2.84. The number of esters is 1. The maximum atomic E-state index is 11.7. The zero-order valence-electron chi connectivity index (χ0n) is 11.1. The Kier molecular flexibility index (Phi) is 2.08. The Morgan fingerprint density at radius 3 is 2.55 bits per heavy atom. The van der Waals surface area contributed by atoms with E-state index >= 15 is 0 Å². The Labute approximate surface area is 117 Å². The quantitative estimate of drug-likeness (QED) is 0.395. The predicted molar refractivity (Wildman–Crippen MR) is 79.1 cm³/mol. The fraction of sp³-hybridized carbons (Fsp3) is 0.0556. The lowest BCUT2D eigenvalue weighted by Gasteiger charge is -2.02. The molecule has 0 aromatic carbocycles. The maximum absolute atomic E-state index is 11.7. The minimum Gasteiger partial charge on any atom is -0.423 e. The molecule has 0 saturated carbocycles. The second-order valence-corrected chi connectivity index (χ2v) is 5.21. The molecule has 2 nitrogen and oxygen atoms in total. The van der Waals surface area contributed by atoms with Gasteiger partial charge in [-0.3, -0.25) is 0 Å². The Hall–Kier alpha value is -2.61. The number of rotatable bonds is 2. The van der Waals surface area contributed by atoms with Crippen molar-refractivity contribution in [2.75, 3.05) is 0 Å². The smallest absolute Gasteiger partial charge is 0.338 e. The number of hydrogen-bond acceptors (Lipinski definition) is 2. The highest BCUT2D eigenvalue weighted by atomic mass is 16.5. The molecular weight excluding hydrogens is 248 g/mol. The maximum Gasteiger partial charge on any atom is 0.338 e. The lowest BCUT2D eigenvalue weighted by molar-refractivity contribution is -0.130. The van der Waals surface area contributed by atoms with E-state index in [2.05, 4.69) is 36.9 Å². The molecule has 0 saturated heterocycles. The third-order valence-electron chi connectivity index (χ3n) is 3.82. The molecule has 0 unspecified atom stereocenters. The van der Waals surface area contributed by atoms with Crippen LogP contribution in [0.25, 0.3) is 33.4 Å². The molecule has 0 atom stereocenters. The van der Waals surface area contributed by atoms with Gasteiger partial charge in [-0.1, -0.05) is 24.8 Å². The fourth-order valence-corrected chi connectivity index (χ4v) is 2.84. The van der Waals surface area contributed by atoms with Crippen LogP contribution in [0.2, 0.25) is 0 Å². The second-order valence-electron chi connectivity index (χ2n) is 5.21. The summed E-state index contributed by atoms with van der Waals surface area (Å²) in [7, 11) is 0. The van der Waals surface area contributed by atoms with E-state index in [0.717, 1.165) is 11.1 Å². The van der Waals surface area contributed by atoms with Crippen molar-refractivity contribution < 1.29 is 9.53 Å². The number of fused-ring (bicyclic) bond motifs is 5. The van der Waals surface area contributed by atoms with E-state index in [9.17, 15) is 4.79 Å². The SMILES string of the molecule is C=C(C)C(=O)Oc1ccc2c3cc4cccc-4c-3cc1-2. The summed E-state index contributed by atoms with van der Waals surface area (Å²) in [6, 6.07) is 14.5. The molecule has 0 heterocycles. The van der Waals surface area contributed by atoms with E-state index in [1.807, 2.05) is 12.1 Å². The topological polar surface area (TPSA) is 26.3 Å². The molecule has 0 aromatic rings. The van der Waals surface area contributed by atoms with Gasteiger partial charge >= 0.3 is 5.97 Å². The summed E-state index contributed by atoms with van der Waals surface area (Å²) in [5.41, 5.74) is 7.51. The molecule has 2 heteroatoms. The zero-order chi connectivity index (χ0) is 13.9. The molecular formula is C18H12O2. The van der Waals surface area contributed by atoms with Gasteiger partial charge in [-0.25, -0.2) is 4.79 Å². The van der Waals surface area contributed by atoms with Crippen molar-refractivity contribution in [3.63, 3.8) is 0 Å². The summed E-state index contributed by atoms with van der Waals surface area (Å²) in [5, 5.41) is 0. The summed E-state index contributed by atoms with van der Waals surface area (Å²) in [5.74, 6) is 0.237. The molecule has 0 radical (unpaired) electrons. The molecule has 0 fully saturated rings. The van der Waals surface area contributed by atoms with Crippen LogP contribution < -0.4 is 4.74 Å². The van der Waals surface area contributed by atoms with Gasteiger partial charge in [0, 0.05) is 11.1 Å². The first-order valence-corrected chi connectivity index (χ1v) is 6.53. The lowest BCUT2D eigenvalue weighted by atomic mass is 10.1. The van der Waals surface area contributed by atoms with Crippen molar-refractivity contribution >= 4 is 5.97 Å². The van der Waals surface area contributed by atoms with Crippen LogP contribution in [0, 0.1) is 0 Å². The summed E-state index contributed by atoms with van der Waals surface area (Å²) >= 11 is 0. The first kappa shape index (κ1) is 11.2. The van der Waals surface area contributed by atoms with Crippen molar-refractivity contribution in [1.29, 1.82) is 0 Å². The molecule has 0 aromatic heterocycles. The number of ether oxygens (including phenoxy) is 1. The Morgan fingerprint density at radius 2 is 1.75 bits per heavy atom. The first-order valence-electron chi connectivity index (χ1n) is 6.53. The predicted octanol–water partition coefficient (Wildman–Crippen LogP) is 4.36. The summed E-state index contributed by atoms with van der Waals surface area (Å²) in [6.07, 6.45) is 0. The first-order chi connectivity index (χ1) is 9.65. The van der Waals surface area contributed by atoms with Crippen LogP contribution in [-0.2, 0) is 4.79 Å². The third kappa shape index (κ3) is 1.36. The van der Waals surface area contributed by atoms with Gasteiger partial charge in [0.15, 0.2) is 0 Å². The zero-order valence-corrected chi connectivity index (χ0v) is 11.1. The van der Waals surface area contributed by atoms with Gasteiger partial charge in [0.1, 0.15) is 5.75 Å². The van der Waals surface area contributed by atoms with Crippen LogP contribution in [0.15, 0.2) is 54.6 Å². The van der Waals surface area contributed by atoms with Crippen molar-refractivity contribution in [2.24, 2.45) is 0 Å². The number of carbonyl (C=O) groups excluding carboxylic acids is 1. The highest BCUT2D eigenvalue weighted by Gasteiger charge is 2.26. The van der Waals surface area contributed by atoms with Crippen LogP contribution in [0.1, 0.15) is 6.92 Å². The van der Waals surface area contributed by atoms with Crippen molar-refractivity contribution in [3.05, 3.63) is 54.6 Å². The van der Waals surface area contributed by atoms with Gasteiger partial charge in [0.05, 0.1) is 0 Å². The largest absolute Gasteiger partial charge is 0.423 e. The normalized spacial score (nSPS) is 11.7. The summed E-state index contributed by atoms with van der Waals surface area (Å²) < 4.78 is 5.38. The Balaban J connectivity index is 1.85. The van der Waals surface area contributed by atoms with E-state index in [-0.39, 0.29) is 5.97 Å². The molecule has 0 aliphatic heterocycles. The second kappa shape index (κ2) is 3.70. The average Bonchev–Trinajstić information content (AvgIpc) is 3.09. The van der Waals surface area contributed by atoms with Crippen LogP contribution in [0.4, 0.5) is 0 Å². The van der Waals surface area contributed by atoms with Crippen molar-refractivity contribution in [2.45, 2.75) is 6.92 Å². The minimum atomic E-state index is -0.378. The molecule has 96 valence electrons. The minimum absolute atomic E-state index is 0.378.